The summed E-state index contributed by atoms with van der Waals surface area (Å²) in [6, 6.07) is 3.74. The lowest BCUT2D eigenvalue weighted by molar-refractivity contribution is 0.257. The molecule has 0 fully saturated rings. The van der Waals surface area contributed by atoms with Gasteiger partial charge < -0.3 is 5.32 Å². The summed E-state index contributed by atoms with van der Waals surface area (Å²) in [7, 11) is -0.00501. The molecule has 0 unspecified atom stereocenters. The van der Waals surface area contributed by atoms with Crippen LogP contribution < -0.4 is 5.32 Å². The van der Waals surface area contributed by atoms with Crippen LogP contribution in [0.2, 0.25) is 0 Å². The molecule has 114 valence electrons. The summed E-state index contributed by atoms with van der Waals surface area (Å²) in [5, 5.41) is 3.05. The smallest absolute Gasteiger partial charge is 0.243 e. The zero-order valence-electron chi connectivity index (χ0n) is 13.5. The zero-order chi connectivity index (χ0) is 15.7. The van der Waals surface area contributed by atoms with Crippen molar-refractivity contribution >= 4 is 15.7 Å². The standard InChI is InChI=1S/C15H26N2O2S/c1-8-15(4,5)17(7)20(18,19)14-11(2)9-13(16-6)10-12(14)3/h9-10,16H,8H2,1-7H3. The lowest BCUT2D eigenvalue weighted by atomic mass is 10.0. The van der Waals surface area contributed by atoms with Gasteiger partial charge in [0.2, 0.25) is 10.0 Å². The fourth-order valence-electron chi connectivity index (χ4n) is 2.19. The number of benzene rings is 1. The van der Waals surface area contributed by atoms with Crippen molar-refractivity contribution in [1.29, 1.82) is 0 Å². The summed E-state index contributed by atoms with van der Waals surface area (Å²) in [5.41, 5.74) is 2.07. The molecule has 1 aromatic rings. The first-order chi connectivity index (χ1) is 9.07. The van der Waals surface area contributed by atoms with Crippen LogP contribution >= 0.6 is 0 Å². The van der Waals surface area contributed by atoms with Gasteiger partial charge in [-0.15, -0.1) is 0 Å². The first-order valence-electron chi connectivity index (χ1n) is 6.86. The molecule has 0 saturated carbocycles. The Morgan fingerprint density at radius 2 is 1.65 bits per heavy atom. The minimum absolute atomic E-state index is 0.403. The second-order valence-electron chi connectivity index (χ2n) is 5.83. The summed E-state index contributed by atoms with van der Waals surface area (Å²) >= 11 is 0. The molecule has 5 heteroatoms. The molecule has 4 nitrogen and oxygen atoms in total. The second kappa shape index (κ2) is 5.74. The summed E-state index contributed by atoms with van der Waals surface area (Å²) < 4.78 is 27.2. The van der Waals surface area contributed by atoms with Gasteiger partial charge in [-0.25, -0.2) is 8.42 Å². The van der Waals surface area contributed by atoms with E-state index in [4.69, 9.17) is 0 Å². The number of sulfonamides is 1. The van der Waals surface area contributed by atoms with Crippen molar-refractivity contribution in [1.82, 2.24) is 4.31 Å². The predicted molar refractivity (Wildman–Crippen MR) is 84.8 cm³/mol. The second-order valence-corrected chi connectivity index (χ2v) is 7.73. The van der Waals surface area contributed by atoms with Gasteiger partial charge in [0.05, 0.1) is 4.90 Å². The molecule has 0 radical (unpaired) electrons. The maximum atomic E-state index is 12.9. The molecule has 0 bridgehead atoms. The Bertz CT molecular complexity index is 569. The van der Waals surface area contributed by atoms with Crippen molar-refractivity contribution in [2.75, 3.05) is 19.4 Å². The number of nitrogens with zero attached hydrogens (tertiary/aromatic N) is 1. The minimum atomic E-state index is -3.49. The van der Waals surface area contributed by atoms with Crippen LogP contribution in [-0.4, -0.2) is 32.4 Å². The van der Waals surface area contributed by atoms with Crippen LogP contribution in [0.3, 0.4) is 0 Å². The van der Waals surface area contributed by atoms with Crippen LogP contribution in [0.25, 0.3) is 0 Å². The Kier molecular flexibility index (Phi) is 4.87. The Morgan fingerprint density at radius 3 is 2.00 bits per heavy atom. The predicted octanol–water partition coefficient (Wildman–Crippen LogP) is 3.15. The highest BCUT2D eigenvalue weighted by Gasteiger charge is 2.34. The molecule has 0 amide bonds. The van der Waals surface area contributed by atoms with E-state index in [1.807, 2.05) is 53.8 Å². The zero-order valence-corrected chi connectivity index (χ0v) is 14.4. The fraction of sp³-hybridized carbons (Fsp3) is 0.600. The third kappa shape index (κ3) is 2.99. The van der Waals surface area contributed by atoms with E-state index in [1.165, 1.54) is 4.31 Å². The molecule has 0 atom stereocenters. The van der Waals surface area contributed by atoms with Gasteiger partial charge in [0.1, 0.15) is 0 Å². The first kappa shape index (κ1) is 17.0. The Balaban J connectivity index is 3.44. The van der Waals surface area contributed by atoms with Crippen LogP contribution in [0.5, 0.6) is 0 Å². The lowest BCUT2D eigenvalue weighted by Gasteiger charge is -2.34. The van der Waals surface area contributed by atoms with Crippen LogP contribution in [0.15, 0.2) is 17.0 Å². The molecule has 1 aromatic carbocycles. The highest BCUT2D eigenvalue weighted by atomic mass is 32.2. The Labute approximate surface area is 123 Å². The van der Waals surface area contributed by atoms with E-state index < -0.39 is 15.6 Å². The average Bonchev–Trinajstić information content (AvgIpc) is 2.36. The van der Waals surface area contributed by atoms with Crippen LogP contribution in [-0.2, 0) is 10.0 Å². The van der Waals surface area contributed by atoms with Gasteiger partial charge in [-0.05, 0) is 57.4 Å². The van der Waals surface area contributed by atoms with Gasteiger partial charge in [0.15, 0.2) is 0 Å². The Hall–Kier alpha value is -1.07. The van der Waals surface area contributed by atoms with Gasteiger partial charge in [-0.3, -0.25) is 0 Å². The number of aryl methyl sites for hydroxylation is 2. The summed E-state index contributed by atoms with van der Waals surface area (Å²) in [6.07, 6.45) is 0.759. The number of anilines is 1. The summed E-state index contributed by atoms with van der Waals surface area (Å²) in [4.78, 5) is 0.417. The van der Waals surface area contributed by atoms with Crippen molar-refractivity contribution in [2.45, 2.75) is 51.5 Å². The van der Waals surface area contributed by atoms with Crippen molar-refractivity contribution in [3.63, 3.8) is 0 Å². The normalized spacial score (nSPS) is 12.8. The third-order valence-electron chi connectivity index (χ3n) is 4.09. The topological polar surface area (TPSA) is 49.4 Å². The SMILES string of the molecule is CCC(C)(C)N(C)S(=O)(=O)c1c(C)cc(NC)cc1C. The monoisotopic (exact) mass is 298 g/mol. The van der Waals surface area contributed by atoms with Crippen molar-refractivity contribution in [2.24, 2.45) is 0 Å². The Morgan fingerprint density at radius 1 is 1.20 bits per heavy atom. The maximum absolute atomic E-state index is 12.9. The molecule has 20 heavy (non-hydrogen) atoms. The van der Waals surface area contributed by atoms with E-state index in [0.29, 0.717) is 4.90 Å². The fourth-order valence-corrected chi connectivity index (χ4v) is 4.17. The van der Waals surface area contributed by atoms with Crippen LogP contribution in [0.1, 0.15) is 38.3 Å². The molecule has 0 spiro atoms. The number of hydrogen-bond donors (Lipinski definition) is 1. The van der Waals surface area contributed by atoms with Gasteiger partial charge in [-0.2, -0.15) is 4.31 Å². The largest absolute Gasteiger partial charge is 0.388 e. The molecule has 0 aromatic heterocycles. The molecular formula is C15H26N2O2S. The highest BCUT2D eigenvalue weighted by Crippen LogP contribution is 2.30. The highest BCUT2D eigenvalue weighted by molar-refractivity contribution is 7.89. The molecular weight excluding hydrogens is 272 g/mol. The molecule has 0 aliphatic rings. The minimum Gasteiger partial charge on any atom is -0.388 e. The van der Waals surface area contributed by atoms with Gasteiger partial charge in [0.25, 0.3) is 0 Å². The van der Waals surface area contributed by atoms with Crippen LogP contribution in [0.4, 0.5) is 5.69 Å². The van der Waals surface area contributed by atoms with Gasteiger partial charge >= 0.3 is 0 Å². The lowest BCUT2D eigenvalue weighted by Crippen LogP contribution is -2.44. The van der Waals surface area contributed by atoms with Crippen LogP contribution in [0, 0.1) is 13.8 Å². The molecule has 1 rings (SSSR count). The molecule has 0 saturated heterocycles. The van der Waals surface area contributed by atoms with E-state index in [0.717, 1.165) is 23.2 Å². The average molecular weight is 298 g/mol. The third-order valence-corrected chi connectivity index (χ3v) is 6.46. The maximum Gasteiger partial charge on any atom is 0.243 e. The van der Waals surface area contributed by atoms with E-state index in [1.54, 1.807) is 7.05 Å². The molecule has 0 aliphatic carbocycles. The molecule has 1 N–H and O–H groups in total. The van der Waals surface area contributed by atoms with E-state index >= 15 is 0 Å². The van der Waals surface area contributed by atoms with Crippen molar-refractivity contribution < 1.29 is 8.42 Å². The molecule has 0 aliphatic heterocycles. The number of hydrogen-bond acceptors (Lipinski definition) is 3. The van der Waals surface area contributed by atoms with Crippen molar-refractivity contribution in [3.8, 4) is 0 Å². The van der Waals surface area contributed by atoms with Gasteiger partial charge in [0, 0.05) is 25.3 Å². The summed E-state index contributed by atoms with van der Waals surface area (Å²) in [6.45, 7) is 9.56. The van der Waals surface area contributed by atoms with E-state index in [2.05, 4.69) is 5.32 Å². The quantitative estimate of drug-likeness (QED) is 0.908. The van der Waals surface area contributed by atoms with E-state index in [9.17, 15) is 8.42 Å². The number of rotatable bonds is 5. The number of nitrogens with one attached hydrogen (secondary N) is 1. The first-order valence-corrected chi connectivity index (χ1v) is 8.30. The molecule has 0 heterocycles. The van der Waals surface area contributed by atoms with Crippen molar-refractivity contribution in [3.05, 3.63) is 23.3 Å². The summed E-state index contributed by atoms with van der Waals surface area (Å²) in [5.74, 6) is 0. The van der Waals surface area contributed by atoms with Gasteiger partial charge in [-0.1, -0.05) is 6.92 Å². The van der Waals surface area contributed by atoms with E-state index in [-0.39, 0.29) is 0 Å².